The third-order valence-electron chi connectivity index (χ3n) is 4.41. The topological polar surface area (TPSA) is 55.1 Å². The maximum Gasteiger partial charge on any atom is 0.227 e. The van der Waals surface area contributed by atoms with Crippen molar-refractivity contribution in [3.05, 3.63) is 0 Å². The predicted octanol–water partition coefficient (Wildman–Crippen LogP) is 3.47. The molecule has 3 heteroatoms. The van der Waals surface area contributed by atoms with Gasteiger partial charge in [0.25, 0.3) is 0 Å². The minimum absolute atomic E-state index is 0.128. The van der Waals surface area contributed by atoms with Gasteiger partial charge in [0.15, 0.2) is 0 Å². The first-order valence-electron chi connectivity index (χ1n) is 7.86. The molecule has 114 valence electrons. The van der Waals surface area contributed by atoms with Gasteiger partial charge in [0, 0.05) is 13.1 Å². The van der Waals surface area contributed by atoms with Crippen molar-refractivity contribution in [1.82, 2.24) is 5.32 Å². The number of carbonyl (C=O) groups excluding carboxylic acids is 1. The van der Waals surface area contributed by atoms with Crippen LogP contribution in [-0.2, 0) is 4.79 Å². The van der Waals surface area contributed by atoms with Crippen molar-refractivity contribution < 1.29 is 4.79 Å². The highest BCUT2D eigenvalue weighted by Gasteiger charge is 2.33. The van der Waals surface area contributed by atoms with Gasteiger partial charge in [0.1, 0.15) is 0 Å². The number of nitrogens with one attached hydrogen (secondary N) is 1. The Morgan fingerprint density at radius 1 is 1.11 bits per heavy atom. The highest BCUT2D eigenvalue weighted by Crippen LogP contribution is 2.27. The zero-order chi connectivity index (χ0) is 14.9. The molecule has 0 fully saturated rings. The second kappa shape index (κ2) is 8.57. The standard InChI is InChI=1S/C16H34N2O/c1-6-9-10-11-15(4,5)13-18-14(19)16(7-2,8-3)12-17/h6-13,17H2,1-5H3,(H,18,19). The Labute approximate surface area is 119 Å². The first-order valence-corrected chi connectivity index (χ1v) is 7.86. The monoisotopic (exact) mass is 270 g/mol. The van der Waals surface area contributed by atoms with Crippen LogP contribution >= 0.6 is 0 Å². The molecule has 0 unspecified atom stereocenters. The van der Waals surface area contributed by atoms with Crippen LogP contribution in [0.15, 0.2) is 0 Å². The predicted molar refractivity (Wildman–Crippen MR) is 83.0 cm³/mol. The molecule has 0 saturated heterocycles. The van der Waals surface area contributed by atoms with E-state index in [0.717, 1.165) is 25.8 Å². The third kappa shape index (κ3) is 5.94. The SMILES string of the molecule is CCCCCC(C)(C)CNC(=O)C(CC)(CC)CN. The molecule has 0 aromatic rings. The molecule has 0 aliphatic carbocycles. The molecule has 0 aliphatic rings. The molecule has 0 aliphatic heterocycles. The van der Waals surface area contributed by atoms with Gasteiger partial charge in [-0.05, 0) is 24.7 Å². The Hall–Kier alpha value is -0.570. The Balaban J connectivity index is 4.33. The summed E-state index contributed by atoms with van der Waals surface area (Å²) in [5.74, 6) is 0.128. The fraction of sp³-hybridized carbons (Fsp3) is 0.938. The normalized spacial score (nSPS) is 12.5. The summed E-state index contributed by atoms with van der Waals surface area (Å²) in [5.41, 5.74) is 5.60. The molecule has 0 spiro atoms. The number of unbranched alkanes of at least 4 members (excludes halogenated alkanes) is 2. The van der Waals surface area contributed by atoms with E-state index in [0.29, 0.717) is 6.54 Å². The molecule has 3 nitrogen and oxygen atoms in total. The highest BCUT2D eigenvalue weighted by molar-refractivity contribution is 5.82. The number of nitrogens with two attached hydrogens (primary N) is 1. The lowest BCUT2D eigenvalue weighted by molar-refractivity contribution is -0.131. The van der Waals surface area contributed by atoms with Gasteiger partial charge in [0.2, 0.25) is 5.91 Å². The Bertz CT molecular complexity index is 249. The third-order valence-corrected chi connectivity index (χ3v) is 4.41. The summed E-state index contributed by atoms with van der Waals surface area (Å²) in [4.78, 5) is 12.3. The van der Waals surface area contributed by atoms with Crippen LogP contribution in [0.2, 0.25) is 0 Å². The number of rotatable bonds is 10. The van der Waals surface area contributed by atoms with E-state index in [4.69, 9.17) is 5.73 Å². The molecular formula is C16H34N2O. The second-order valence-electron chi connectivity index (χ2n) is 6.50. The summed E-state index contributed by atoms with van der Waals surface area (Å²) in [7, 11) is 0. The van der Waals surface area contributed by atoms with E-state index in [1.807, 2.05) is 13.8 Å². The zero-order valence-electron chi connectivity index (χ0n) is 13.6. The van der Waals surface area contributed by atoms with Crippen LogP contribution in [0.3, 0.4) is 0 Å². The Kier molecular flexibility index (Phi) is 8.31. The highest BCUT2D eigenvalue weighted by atomic mass is 16.2. The van der Waals surface area contributed by atoms with E-state index in [1.165, 1.54) is 19.3 Å². The van der Waals surface area contributed by atoms with E-state index < -0.39 is 0 Å². The second-order valence-corrected chi connectivity index (χ2v) is 6.50. The summed E-state index contributed by atoms with van der Waals surface area (Å²) >= 11 is 0. The molecule has 0 aromatic carbocycles. The average Bonchev–Trinajstić information content (AvgIpc) is 2.39. The van der Waals surface area contributed by atoms with Crippen molar-refractivity contribution in [3.8, 4) is 0 Å². The van der Waals surface area contributed by atoms with Gasteiger partial charge in [-0.25, -0.2) is 0 Å². The quantitative estimate of drug-likeness (QED) is 0.597. The Morgan fingerprint density at radius 3 is 2.11 bits per heavy atom. The van der Waals surface area contributed by atoms with Crippen molar-refractivity contribution in [2.45, 2.75) is 73.1 Å². The zero-order valence-corrected chi connectivity index (χ0v) is 13.6. The molecule has 0 radical (unpaired) electrons. The molecule has 1 amide bonds. The number of carbonyl (C=O) groups is 1. The van der Waals surface area contributed by atoms with Crippen LogP contribution in [0.5, 0.6) is 0 Å². The van der Waals surface area contributed by atoms with E-state index >= 15 is 0 Å². The van der Waals surface area contributed by atoms with E-state index in [-0.39, 0.29) is 16.7 Å². The minimum Gasteiger partial charge on any atom is -0.355 e. The van der Waals surface area contributed by atoms with Gasteiger partial charge in [-0.1, -0.05) is 53.9 Å². The minimum atomic E-state index is -0.375. The van der Waals surface area contributed by atoms with Crippen LogP contribution in [-0.4, -0.2) is 19.0 Å². The molecule has 0 heterocycles. The van der Waals surface area contributed by atoms with Crippen molar-refractivity contribution in [1.29, 1.82) is 0 Å². The maximum absolute atomic E-state index is 12.3. The summed E-state index contributed by atoms with van der Waals surface area (Å²) in [6.07, 6.45) is 6.53. The molecule has 3 N–H and O–H groups in total. The van der Waals surface area contributed by atoms with E-state index in [9.17, 15) is 4.79 Å². The fourth-order valence-electron chi connectivity index (χ4n) is 2.40. The van der Waals surface area contributed by atoms with Gasteiger partial charge in [-0.2, -0.15) is 0 Å². The summed E-state index contributed by atoms with van der Waals surface area (Å²) < 4.78 is 0. The number of hydrogen-bond donors (Lipinski definition) is 2. The Morgan fingerprint density at radius 2 is 1.68 bits per heavy atom. The molecule has 0 atom stereocenters. The van der Waals surface area contributed by atoms with Crippen molar-refractivity contribution in [2.24, 2.45) is 16.6 Å². The maximum atomic E-state index is 12.3. The number of hydrogen-bond acceptors (Lipinski definition) is 2. The van der Waals surface area contributed by atoms with Gasteiger partial charge in [-0.3, -0.25) is 4.79 Å². The van der Waals surface area contributed by atoms with Gasteiger partial charge < -0.3 is 11.1 Å². The molecule has 19 heavy (non-hydrogen) atoms. The largest absolute Gasteiger partial charge is 0.355 e. The van der Waals surface area contributed by atoms with Crippen LogP contribution in [0, 0.1) is 10.8 Å². The van der Waals surface area contributed by atoms with Crippen molar-refractivity contribution in [2.75, 3.05) is 13.1 Å². The number of amides is 1. The van der Waals surface area contributed by atoms with Gasteiger partial charge in [0.05, 0.1) is 5.41 Å². The first-order chi connectivity index (χ1) is 8.87. The lowest BCUT2D eigenvalue weighted by atomic mass is 9.80. The van der Waals surface area contributed by atoms with Crippen LogP contribution in [0.1, 0.15) is 73.1 Å². The van der Waals surface area contributed by atoms with Crippen LogP contribution in [0.4, 0.5) is 0 Å². The summed E-state index contributed by atoms with van der Waals surface area (Å²) in [6, 6.07) is 0. The molecule has 0 aromatic heterocycles. The lowest BCUT2D eigenvalue weighted by Crippen LogP contribution is -2.47. The average molecular weight is 270 g/mol. The molecular weight excluding hydrogens is 236 g/mol. The van der Waals surface area contributed by atoms with Crippen molar-refractivity contribution in [3.63, 3.8) is 0 Å². The molecule has 0 saturated carbocycles. The lowest BCUT2D eigenvalue weighted by Gasteiger charge is -2.32. The van der Waals surface area contributed by atoms with Gasteiger partial charge in [-0.15, -0.1) is 0 Å². The first kappa shape index (κ1) is 18.4. The molecule has 0 bridgehead atoms. The molecule has 0 rings (SSSR count). The van der Waals surface area contributed by atoms with E-state index in [1.54, 1.807) is 0 Å². The van der Waals surface area contributed by atoms with E-state index in [2.05, 4.69) is 26.1 Å². The summed E-state index contributed by atoms with van der Waals surface area (Å²) in [6.45, 7) is 11.9. The van der Waals surface area contributed by atoms with Crippen LogP contribution < -0.4 is 11.1 Å². The smallest absolute Gasteiger partial charge is 0.227 e. The summed E-state index contributed by atoms with van der Waals surface area (Å²) in [5, 5.41) is 3.12. The van der Waals surface area contributed by atoms with Crippen molar-refractivity contribution >= 4 is 5.91 Å². The fourth-order valence-corrected chi connectivity index (χ4v) is 2.40. The van der Waals surface area contributed by atoms with Gasteiger partial charge >= 0.3 is 0 Å². The van der Waals surface area contributed by atoms with Crippen LogP contribution in [0.25, 0.3) is 0 Å².